The molecule has 1 saturated heterocycles. The highest BCUT2D eigenvalue weighted by molar-refractivity contribution is 9.10. The average Bonchev–Trinajstić information content (AvgIpc) is 2.44. The van der Waals surface area contributed by atoms with Crippen molar-refractivity contribution in [1.29, 1.82) is 0 Å². The van der Waals surface area contributed by atoms with Gasteiger partial charge in [-0.1, -0.05) is 22.0 Å². The standard InChI is InChI=1S/C11H12BrNO/c1-13-6-11(7-13)10-4-9(12)3-2-8(10)5-14-11/h2-4H,5-7H2,1H3. The largest absolute Gasteiger partial charge is 0.363 e. The summed E-state index contributed by atoms with van der Waals surface area (Å²) in [4.78, 5) is 2.29. The van der Waals surface area contributed by atoms with Crippen molar-refractivity contribution in [1.82, 2.24) is 4.90 Å². The molecule has 3 heteroatoms. The van der Waals surface area contributed by atoms with Gasteiger partial charge in [-0.3, -0.25) is 4.90 Å². The molecule has 3 rings (SSSR count). The predicted molar refractivity (Wildman–Crippen MR) is 58.1 cm³/mol. The quantitative estimate of drug-likeness (QED) is 0.703. The number of fused-ring (bicyclic) bond motifs is 2. The number of likely N-dealkylation sites (N-methyl/N-ethyl adjacent to an activating group) is 1. The minimum Gasteiger partial charge on any atom is -0.363 e. The summed E-state index contributed by atoms with van der Waals surface area (Å²) < 4.78 is 7.06. The Bertz CT molecular complexity index is 379. The summed E-state index contributed by atoms with van der Waals surface area (Å²) in [6.45, 7) is 2.82. The lowest BCUT2D eigenvalue weighted by atomic mass is 9.86. The van der Waals surface area contributed by atoms with Crippen molar-refractivity contribution in [2.24, 2.45) is 0 Å². The van der Waals surface area contributed by atoms with Crippen LogP contribution in [-0.4, -0.2) is 25.0 Å². The topological polar surface area (TPSA) is 12.5 Å². The molecule has 0 bridgehead atoms. The molecule has 2 nitrogen and oxygen atoms in total. The number of hydrogen-bond acceptors (Lipinski definition) is 2. The first kappa shape index (κ1) is 8.89. The summed E-state index contributed by atoms with van der Waals surface area (Å²) in [6.07, 6.45) is 0. The Morgan fingerprint density at radius 3 is 2.93 bits per heavy atom. The summed E-state index contributed by atoms with van der Waals surface area (Å²) in [5.74, 6) is 0. The third-order valence-corrected chi connectivity index (χ3v) is 3.61. The number of likely N-dealkylation sites (tertiary alicyclic amines) is 1. The molecule has 74 valence electrons. The highest BCUT2D eigenvalue weighted by Gasteiger charge is 2.48. The maximum absolute atomic E-state index is 5.91. The molecule has 2 aliphatic heterocycles. The minimum atomic E-state index is 0.00780. The van der Waals surface area contributed by atoms with Crippen molar-refractivity contribution in [3.05, 3.63) is 33.8 Å². The van der Waals surface area contributed by atoms with Crippen LogP contribution >= 0.6 is 15.9 Å². The fourth-order valence-electron chi connectivity index (χ4n) is 2.48. The summed E-state index contributed by atoms with van der Waals surface area (Å²) >= 11 is 3.52. The molecule has 0 saturated carbocycles. The first-order valence-corrected chi connectivity index (χ1v) is 5.60. The van der Waals surface area contributed by atoms with Gasteiger partial charge >= 0.3 is 0 Å². The van der Waals surface area contributed by atoms with Gasteiger partial charge in [-0.05, 0) is 30.3 Å². The lowest BCUT2D eigenvalue weighted by Gasteiger charge is -2.45. The van der Waals surface area contributed by atoms with Crippen LogP contribution in [-0.2, 0) is 16.9 Å². The minimum absolute atomic E-state index is 0.00780. The van der Waals surface area contributed by atoms with Crippen molar-refractivity contribution in [2.45, 2.75) is 12.2 Å². The molecule has 0 atom stereocenters. The number of hydrogen-bond donors (Lipinski definition) is 0. The molecule has 14 heavy (non-hydrogen) atoms. The highest BCUT2D eigenvalue weighted by Crippen LogP contribution is 2.43. The van der Waals surface area contributed by atoms with Gasteiger partial charge < -0.3 is 4.74 Å². The maximum Gasteiger partial charge on any atom is 0.119 e. The van der Waals surface area contributed by atoms with Crippen LogP contribution < -0.4 is 0 Å². The van der Waals surface area contributed by atoms with Gasteiger partial charge in [0.1, 0.15) is 5.60 Å². The first-order valence-electron chi connectivity index (χ1n) is 4.81. The van der Waals surface area contributed by atoms with Crippen molar-refractivity contribution in [3.8, 4) is 0 Å². The number of rotatable bonds is 0. The average molecular weight is 254 g/mol. The van der Waals surface area contributed by atoms with Gasteiger partial charge in [-0.25, -0.2) is 0 Å². The molecular weight excluding hydrogens is 242 g/mol. The number of halogens is 1. The van der Waals surface area contributed by atoms with E-state index in [0.29, 0.717) is 0 Å². The number of nitrogens with zero attached hydrogens (tertiary/aromatic N) is 1. The lowest BCUT2D eigenvalue weighted by molar-refractivity contribution is -0.132. The molecule has 1 fully saturated rings. The third-order valence-electron chi connectivity index (χ3n) is 3.12. The Kier molecular flexibility index (Phi) is 1.79. The molecule has 0 unspecified atom stereocenters. The smallest absolute Gasteiger partial charge is 0.119 e. The van der Waals surface area contributed by atoms with Gasteiger partial charge in [0.2, 0.25) is 0 Å². The Labute approximate surface area is 92.0 Å². The van der Waals surface area contributed by atoms with Gasteiger partial charge in [0.15, 0.2) is 0 Å². The van der Waals surface area contributed by atoms with E-state index in [9.17, 15) is 0 Å². The fraction of sp³-hybridized carbons (Fsp3) is 0.455. The van der Waals surface area contributed by atoms with Crippen LogP contribution in [0, 0.1) is 0 Å². The number of benzene rings is 1. The van der Waals surface area contributed by atoms with Crippen molar-refractivity contribution in [2.75, 3.05) is 20.1 Å². The molecule has 2 heterocycles. The van der Waals surface area contributed by atoms with E-state index in [0.717, 1.165) is 24.2 Å². The lowest BCUT2D eigenvalue weighted by Crippen LogP contribution is -2.57. The number of ether oxygens (including phenoxy) is 1. The Balaban J connectivity index is 2.05. The van der Waals surface area contributed by atoms with Crippen LogP contribution in [0.3, 0.4) is 0 Å². The Morgan fingerprint density at radius 2 is 2.21 bits per heavy atom. The van der Waals surface area contributed by atoms with Crippen LogP contribution in [0.5, 0.6) is 0 Å². The third kappa shape index (κ3) is 1.09. The van der Waals surface area contributed by atoms with E-state index in [1.54, 1.807) is 0 Å². The first-order chi connectivity index (χ1) is 6.70. The van der Waals surface area contributed by atoms with E-state index in [1.807, 2.05) is 0 Å². The molecule has 1 aromatic rings. The van der Waals surface area contributed by atoms with Crippen LogP contribution in [0.15, 0.2) is 22.7 Å². The van der Waals surface area contributed by atoms with Crippen LogP contribution in [0.1, 0.15) is 11.1 Å². The second-order valence-electron chi connectivity index (χ2n) is 4.26. The molecule has 2 aliphatic rings. The SMILES string of the molecule is CN1CC2(C1)OCc1ccc(Br)cc12. The van der Waals surface area contributed by atoms with Crippen molar-refractivity contribution >= 4 is 15.9 Å². The maximum atomic E-state index is 5.91. The summed E-state index contributed by atoms with van der Waals surface area (Å²) in [7, 11) is 2.13. The van der Waals surface area contributed by atoms with E-state index in [2.05, 4.69) is 46.1 Å². The molecule has 0 amide bonds. The molecular formula is C11H12BrNO. The Morgan fingerprint density at radius 1 is 1.43 bits per heavy atom. The van der Waals surface area contributed by atoms with E-state index in [4.69, 9.17) is 4.74 Å². The molecule has 1 aromatic carbocycles. The van der Waals surface area contributed by atoms with Gasteiger partial charge in [-0.15, -0.1) is 0 Å². The highest BCUT2D eigenvalue weighted by atomic mass is 79.9. The van der Waals surface area contributed by atoms with Crippen molar-refractivity contribution in [3.63, 3.8) is 0 Å². The van der Waals surface area contributed by atoms with E-state index in [1.165, 1.54) is 11.1 Å². The summed E-state index contributed by atoms with van der Waals surface area (Å²) in [5, 5.41) is 0. The second-order valence-corrected chi connectivity index (χ2v) is 5.17. The van der Waals surface area contributed by atoms with Crippen LogP contribution in [0.25, 0.3) is 0 Å². The zero-order chi connectivity index (χ0) is 9.76. The summed E-state index contributed by atoms with van der Waals surface area (Å²) in [5.41, 5.74) is 2.74. The van der Waals surface area contributed by atoms with Gasteiger partial charge in [0, 0.05) is 17.6 Å². The van der Waals surface area contributed by atoms with E-state index >= 15 is 0 Å². The Hall–Kier alpha value is -0.380. The molecule has 0 aliphatic carbocycles. The zero-order valence-electron chi connectivity index (χ0n) is 8.09. The summed E-state index contributed by atoms with van der Waals surface area (Å²) in [6, 6.07) is 6.45. The molecule has 1 spiro atoms. The normalized spacial score (nSPS) is 23.6. The van der Waals surface area contributed by atoms with E-state index in [-0.39, 0.29) is 5.60 Å². The van der Waals surface area contributed by atoms with Crippen LogP contribution in [0.4, 0.5) is 0 Å². The molecule has 0 N–H and O–H groups in total. The molecule has 0 radical (unpaired) electrons. The van der Waals surface area contributed by atoms with Crippen LogP contribution in [0.2, 0.25) is 0 Å². The predicted octanol–water partition coefficient (Wildman–Crippen LogP) is 2.12. The second kappa shape index (κ2) is 2.81. The zero-order valence-corrected chi connectivity index (χ0v) is 9.67. The van der Waals surface area contributed by atoms with Crippen molar-refractivity contribution < 1.29 is 4.74 Å². The monoisotopic (exact) mass is 253 g/mol. The van der Waals surface area contributed by atoms with Gasteiger partial charge in [0.05, 0.1) is 6.61 Å². The fourth-order valence-corrected chi connectivity index (χ4v) is 2.84. The van der Waals surface area contributed by atoms with E-state index < -0.39 is 0 Å². The van der Waals surface area contributed by atoms with Gasteiger partial charge in [0.25, 0.3) is 0 Å². The molecule has 0 aromatic heterocycles. The van der Waals surface area contributed by atoms with Gasteiger partial charge in [-0.2, -0.15) is 0 Å².